The lowest BCUT2D eigenvalue weighted by Gasteiger charge is -2.24. The first kappa shape index (κ1) is 32.6. The molecule has 8 atom stereocenters. The van der Waals surface area contributed by atoms with Gasteiger partial charge in [-0.05, 0) is 24.3 Å². The number of nitrogens with zero attached hydrogens (tertiary/aromatic N) is 6. The molecule has 0 spiro atoms. The lowest BCUT2D eigenvalue weighted by molar-refractivity contribution is -0.0526. The number of aromatic nitrogens is 6. The second-order valence-electron chi connectivity index (χ2n) is 10.6. The third-order valence-electron chi connectivity index (χ3n) is 7.48. The molecule has 0 radical (unpaired) electrons. The fourth-order valence-corrected chi connectivity index (χ4v) is 6.63. The first-order valence-corrected chi connectivity index (χ1v) is 16.5. The zero-order valence-corrected chi connectivity index (χ0v) is 25.8. The molecule has 2 aliphatic rings. The van der Waals surface area contributed by atoms with E-state index in [1.54, 1.807) is 10.9 Å². The van der Waals surface area contributed by atoms with E-state index in [2.05, 4.69) is 24.5 Å². The highest BCUT2D eigenvalue weighted by molar-refractivity contribution is 7.47. The van der Waals surface area contributed by atoms with Gasteiger partial charge >= 0.3 is 21.3 Å². The van der Waals surface area contributed by atoms with Crippen molar-refractivity contribution in [3.05, 3.63) is 35.4 Å². The number of ether oxygens (including phenoxy) is 2. The van der Waals surface area contributed by atoms with Crippen LogP contribution in [-0.4, -0.2) is 77.5 Å². The van der Waals surface area contributed by atoms with E-state index in [9.17, 15) is 23.7 Å². The summed E-state index contributed by atoms with van der Waals surface area (Å²) >= 11 is 0. The second-order valence-corrected chi connectivity index (χ2v) is 13.6. The molecule has 5 rings (SSSR count). The molecule has 0 bridgehead atoms. The van der Waals surface area contributed by atoms with Crippen LogP contribution in [0.5, 0.6) is 0 Å². The van der Waals surface area contributed by atoms with E-state index in [0.717, 1.165) is 11.7 Å². The van der Waals surface area contributed by atoms with Crippen molar-refractivity contribution in [2.75, 3.05) is 31.8 Å². The molecule has 0 aliphatic carbocycles. The Morgan fingerprint density at radius 3 is 2.41 bits per heavy atom. The van der Waals surface area contributed by atoms with Crippen LogP contribution in [0.25, 0.3) is 11.2 Å². The lowest BCUT2D eigenvalue weighted by atomic mass is 9.89. The first-order chi connectivity index (χ1) is 20.8. The fourth-order valence-electron chi connectivity index (χ4n) is 5.23. The maximum absolute atomic E-state index is 13.2. The van der Waals surface area contributed by atoms with Crippen molar-refractivity contribution >= 4 is 38.4 Å². The molecule has 2 fully saturated rings. The lowest BCUT2D eigenvalue weighted by Crippen LogP contribution is -2.30. The van der Waals surface area contributed by atoms with E-state index in [-0.39, 0.29) is 36.5 Å². The van der Waals surface area contributed by atoms with Crippen LogP contribution < -0.4 is 17.2 Å². The number of nitrogen functional groups attached to an aromatic ring is 2. The predicted molar refractivity (Wildman–Crippen MR) is 151 cm³/mol. The Kier molecular flexibility index (Phi) is 9.53. The summed E-state index contributed by atoms with van der Waals surface area (Å²) in [4.78, 5) is 48.9. The molecule has 6 N–H and O–H groups in total. The van der Waals surface area contributed by atoms with E-state index in [1.807, 2.05) is 13.8 Å². The van der Waals surface area contributed by atoms with E-state index in [1.165, 1.54) is 18.6 Å². The molecule has 0 saturated carbocycles. The highest BCUT2D eigenvalue weighted by atomic mass is 31.2. The Hall–Kier alpha value is -2.83. The van der Waals surface area contributed by atoms with Gasteiger partial charge in [0.2, 0.25) is 0 Å². The fraction of sp³-hybridized carbons (Fsp3) is 0.609. The van der Waals surface area contributed by atoms with Gasteiger partial charge < -0.3 is 30.7 Å². The van der Waals surface area contributed by atoms with E-state index < -0.39 is 58.7 Å². The Morgan fingerprint density at radius 1 is 1.02 bits per heavy atom. The van der Waals surface area contributed by atoms with Crippen LogP contribution >= 0.6 is 15.6 Å². The number of phosphoric acid groups is 2. The minimum atomic E-state index is -4.78. The first-order valence-electron chi connectivity index (χ1n) is 13.5. The van der Waals surface area contributed by atoms with Gasteiger partial charge in [-0.2, -0.15) is 4.98 Å². The van der Waals surface area contributed by atoms with Gasteiger partial charge in [0, 0.05) is 19.7 Å². The van der Waals surface area contributed by atoms with Gasteiger partial charge in [0.15, 0.2) is 11.5 Å². The molecular weight excluding hydrogens is 626 g/mol. The van der Waals surface area contributed by atoms with Crippen molar-refractivity contribution < 1.29 is 46.5 Å². The van der Waals surface area contributed by atoms with Crippen LogP contribution in [0.1, 0.15) is 39.1 Å². The minimum Gasteiger partial charge on any atom is -0.383 e. The standard InChI is InChI=1S/C23H34N8O11P2/c1-12(2)13-6-18(31-11-28-20-21(25)26-10-27-22(20)31)40-15(13)8-39-44(35,36)42-14-7-19(30-5-4-17(24)29-23(30)32)41-16(14)9-38-43(33,34)37-3/h4-5,10-16,18-19H,6-9H2,1-3H3,(H,33,34)(H,35,36)(H2,24,29,32)(H2,25,26,27)/t13-,14+,15-,16-,18-,19-/m1/s1. The van der Waals surface area contributed by atoms with Gasteiger partial charge in [0.05, 0.1) is 25.6 Å². The van der Waals surface area contributed by atoms with Crippen LogP contribution in [0.3, 0.4) is 0 Å². The molecular formula is C23H34N8O11P2. The van der Waals surface area contributed by atoms with Crippen molar-refractivity contribution in [2.45, 2.75) is 57.5 Å². The summed E-state index contributed by atoms with van der Waals surface area (Å²) in [7, 11) is -8.24. The predicted octanol–water partition coefficient (Wildman–Crippen LogP) is 1.36. The Morgan fingerprint density at radius 2 is 1.70 bits per heavy atom. The van der Waals surface area contributed by atoms with Crippen molar-refractivity contribution in [1.82, 2.24) is 29.1 Å². The summed E-state index contributed by atoms with van der Waals surface area (Å²) in [6, 6.07) is 1.37. The second kappa shape index (κ2) is 12.9. The highest BCUT2D eigenvalue weighted by Crippen LogP contribution is 2.51. The molecule has 3 aromatic rings. The highest BCUT2D eigenvalue weighted by Gasteiger charge is 2.45. The Balaban J connectivity index is 1.28. The van der Waals surface area contributed by atoms with Crippen LogP contribution in [0.4, 0.5) is 11.6 Å². The van der Waals surface area contributed by atoms with E-state index >= 15 is 0 Å². The number of nitrogens with two attached hydrogens (primary N) is 2. The molecule has 21 heteroatoms. The molecule has 5 heterocycles. The van der Waals surface area contributed by atoms with Gasteiger partial charge in [-0.3, -0.25) is 27.2 Å². The number of rotatable bonds is 12. The minimum absolute atomic E-state index is 0.0128. The Bertz CT molecular complexity index is 1640. The maximum atomic E-state index is 13.2. The number of fused-ring (bicyclic) bond motifs is 1. The van der Waals surface area contributed by atoms with Crippen LogP contribution in [0.15, 0.2) is 29.7 Å². The van der Waals surface area contributed by atoms with Crippen molar-refractivity contribution in [1.29, 1.82) is 0 Å². The van der Waals surface area contributed by atoms with Gasteiger partial charge in [-0.1, -0.05) is 13.8 Å². The van der Waals surface area contributed by atoms with Gasteiger partial charge in [-0.15, -0.1) is 0 Å². The monoisotopic (exact) mass is 660 g/mol. The van der Waals surface area contributed by atoms with Crippen molar-refractivity contribution in [3.63, 3.8) is 0 Å². The summed E-state index contributed by atoms with van der Waals surface area (Å²) in [6.07, 6.45) is 0.108. The average Bonchev–Trinajstić information content (AvgIpc) is 3.68. The van der Waals surface area contributed by atoms with Gasteiger partial charge in [0.1, 0.15) is 42.3 Å². The smallest absolute Gasteiger partial charge is 0.383 e. The summed E-state index contributed by atoms with van der Waals surface area (Å²) in [5, 5.41) is 0. The zero-order valence-electron chi connectivity index (χ0n) is 24.0. The molecule has 0 aromatic carbocycles. The van der Waals surface area contributed by atoms with Crippen LogP contribution in [0, 0.1) is 11.8 Å². The van der Waals surface area contributed by atoms with Crippen LogP contribution in [-0.2, 0) is 36.7 Å². The molecule has 242 valence electrons. The molecule has 2 unspecified atom stereocenters. The molecule has 2 saturated heterocycles. The number of anilines is 2. The van der Waals surface area contributed by atoms with E-state index in [4.69, 9.17) is 34.5 Å². The average molecular weight is 661 g/mol. The maximum Gasteiger partial charge on any atom is 0.472 e. The number of imidazole rings is 1. The normalized spacial score (nSPS) is 28.4. The largest absolute Gasteiger partial charge is 0.472 e. The molecule has 0 amide bonds. The summed E-state index contributed by atoms with van der Waals surface area (Å²) < 4.78 is 60.1. The number of phosphoric ester groups is 2. The molecule has 3 aromatic heterocycles. The molecule has 44 heavy (non-hydrogen) atoms. The third-order valence-corrected chi connectivity index (χ3v) is 9.43. The summed E-state index contributed by atoms with van der Waals surface area (Å²) in [5.41, 5.74) is 11.7. The van der Waals surface area contributed by atoms with Gasteiger partial charge in [-0.25, -0.2) is 28.9 Å². The van der Waals surface area contributed by atoms with Crippen molar-refractivity contribution in [3.8, 4) is 0 Å². The van der Waals surface area contributed by atoms with Crippen molar-refractivity contribution in [2.24, 2.45) is 11.8 Å². The zero-order chi connectivity index (χ0) is 31.8. The van der Waals surface area contributed by atoms with Gasteiger partial charge in [0.25, 0.3) is 0 Å². The summed E-state index contributed by atoms with van der Waals surface area (Å²) in [6.45, 7) is 3.12. The summed E-state index contributed by atoms with van der Waals surface area (Å²) in [5.74, 6) is 0.263. The SMILES string of the molecule is COP(=O)(O)OC[C@H]1O[C@@H](n2ccc(N)nc2=O)C[C@@H]1OP(=O)(O)OC[C@H]1O[C@@H](n2cnc3c(N)ncnc32)C[C@@H]1C(C)C. The third kappa shape index (κ3) is 7.18. The number of hydrogen-bond donors (Lipinski definition) is 4. The topological polar surface area (TPSA) is 261 Å². The van der Waals surface area contributed by atoms with E-state index in [0.29, 0.717) is 17.6 Å². The van der Waals surface area contributed by atoms with Crippen LogP contribution in [0.2, 0.25) is 0 Å². The quantitative estimate of drug-likeness (QED) is 0.200. The Labute approximate surface area is 250 Å². The molecule has 2 aliphatic heterocycles. The molecule has 19 nitrogen and oxygen atoms in total. The number of hydrogen-bond acceptors (Lipinski definition) is 15.